The molecule has 4 rings (SSSR count). The van der Waals surface area contributed by atoms with E-state index < -0.39 is 0 Å². The summed E-state index contributed by atoms with van der Waals surface area (Å²) in [6.07, 6.45) is 0.780. The number of nitrogen functional groups attached to an aromatic ring is 1. The summed E-state index contributed by atoms with van der Waals surface area (Å²) in [6, 6.07) is 13.0. The molecule has 39 heavy (non-hydrogen) atoms. The molecule has 0 spiro atoms. The van der Waals surface area contributed by atoms with Crippen LogP contribution in [0.3, 0.4) is 0 Å². The Morgan fingerprint density at radius 1 is 1.00 bits per heavy atom. The second kappa shape index (κ2) is 11.2. The Hall–Kier alpha value is -4.24. The lowest BCUT2D eigenvalue weighted by molar-refractivity contribution is -0.114. The molecule has 202 valence electrons. The molecule has 2 heterocycles. The van der Waals surface area contributed by atoms with E-state index in [1.54, 1.807) is 19.1 Å². The first-order chi connectivity index (χ1) is 18.5. The Morgan fingerprint density at radius 3 is 2.31 bits per heavy atom. The average Bonchev–Trinajstić information content (AvgIpc) is 3.20. The number of fused-ring (bicyclic) bond motifs is 1. The van der Waals surface area contributed by atoms with Crippen molar-refractivity contribution in [1.82, 2.24) is 10.3 Å². The van der Waals surface area contributed by atoms with Crippen LogP contribution in [0, 0.1) is 20.8 Å². The zero-order valence-electron chi connectivity index (χ0n) is 23.0. The topological polar surface area (TPSA) is 126 Å². The summed E-state index contributed by atoms with van der Waals surface area (Å²) in [5.74, 6) is -0.779. The first-order valence-electron chi connectivity index (χ1n) is 12.8. The van der Waals surface area contributed by atoms with Crippen molar-refractivity contribution < 1.29 is 14.4 Å². The van der Waals surface area contributed by atoms with Crippen LogP contribution >= 0.6 is 11.3 Å². The predicted octanol–water partition coefficient (Wildman–Crippen LogP) is 6.21. The first-order valence-corrected chi connectivity index (χ1v) is 13.6. The van der Waals surface area contributed by atoms with Crippen molar-refractivity contribution in [3.8, 4) is 11.1 Å². The number of nitrogens with zero attached hydrogens (tertiary/aromatic N) is 1. The molecule has 0 aliphatic heterocycles. The van der Waals surface area contributed by atoms with Crippen LogP contribution in [0.4, 0.5) is 17.1 Å². The van der Waals surface area contributed by atoms with Crippen LogP contribution in [-0.4, -0.2) is 28.7 Å². The Bertz CT molecular complexity index is 1590. The van der Waals surface area contributed by atoms with E-state index in [2.05, 4.69) is 16.0 Å². The van der Waals surface area contributed by atoms with E-state index in [1.807, 2.05) is 58.0 Å². The zero-order valence-corrected chi connectivity index (χ0v) is 23.8. The molecule has 5 N–H and O–H groups in total. The van der Waals surface area contributed by atoms with Gasteiger partial charge in [-0.15, -0.1) is 11.3 Å². The highest BCUT2D eigenvalue weighted by Crippen LogP contribution is 2.42. The van der Waals surface area contributed by atoms with E-state index >= 15 is 0 Å². The number of anilines is 3. The summed E-state index contributed by atoms with van der Waals surface area (Å²) < 4.78 is 0. The lowest BCUT2D eigenvalue weighted by atomic mass is 9.94. The van der Waals surface area contributed by atoms with E-state index in [4.69, 9.17) is 10.7 Å². The van der Waals surface area contributed by atoms with Gasteiger partial charge in [0.2, 0.25) is 5.91 Å². The van der Waals surface area contributed by atoms with Crippen molar-refractivity contribution in [3.05, 3.63) is 69.7 Å². The molecule has 0 fully saturated rings. The summed E-state index contributed by atoms with van der Waals surface area (Å²) in [6.45, 7) is 11.1. The van der Waals surface area contributed by atoms with Crippen LogP contribution in [0.1, 0.15) is 64.0 Å². The summed E-state index contributed by atoms with van der Waals surface area (Å²) in [4.78, 5) is 44.1. The van der Waals surface area contributed by atoms with Crippen molar-refractivity contribution in [2.75, 3.05) is 16.4 Å². The van der Waals surface area contributed by atoms with Gasteiger partial charge in [-0.05, 0) is 63.4 Å². The number of carbonyl (C=O) groups excluding carboxylic acids is 3. The van der Waals surface area contributed by atoms with Gasteiger partial charge >= 0.3 is 0 Å². The highest BCUT2D eigenvalue weighted by atomic mass is 32.1. The van der Waals surface area contributed by atoms with E-state index in [1.165, 1.54) is 18.3 Å². The minimum Gasteiger partial charge on any atom is -0.397 e. The van der Waals surface area contributed by atoms with Crippen molar-refractivity contribution in [2.45, 2.75) is 54.0 Å². The molecule has 8 nitrogen and oxygen atoms in total. The lowest BCUT2D eigenvalue weighted by Crippen LogP contribution is -2.31. The van der Waals surface area contributed by atoms with E-state index in [-0.39, 0.29) is 29.5 Å². The number of thiophene rings is 1. The Morgan fingerprint density at radius 2 is 1.69 bits per heavy atom. The highest BCUT2D eigenvalue weighted by molar-refractivity contribution is 7.21. The maximum atomic E-state index is 13.8. The first kappa shape index (κ1) is 27.8. The number of hydrogen-bond donors (Lipinski definition) is 4. The number of benzene rings is 2. The minimum atomic E-state index is -0.328. The van der Waals surface area contributed by atoms with Gasteiger partial charge in [0.1, 0.15) is 9.71 Å². The minimum absolute atomic E-state index is 0.0170. The maximum absolute atomic E-state index is 13.8. The average molecular weight is 544 g/mol. The third-order valence-corrected chi connectivity index (χ3v) is 7.70. The standard InChI is InChI=1S/C30H33N5O3S/c1-7-17(4)32-29(38)27-26(31)25-24(20-9-11-21(12-10-20)34-19(6)36)23(18(5)33-30(25)39-27)28(37)35-22-13-8-15(2)14-16(22)3/h8-14,17H,7,31H2,1-6H3,(H,32,38)(H,34,36)(H,35,37)/t17-/m0/s1. The van der Waals surface area contributed by atoms with Crippen LogP contribution in [-0.2, 0) is 4.79 Å². The molecule has 9 heteroatoms. The number of aryl methyl sites for hydroxylation is 3. The zero-order chi connectivity index (χ0) is 28.4. The molecular formula is C30H33N5O3S. The molecule has 0 aliphatic carbocycles. The molecular weight excluding hydrogens is 510 g/mol. The quantitative estimate of drug-likeness (QED) is 0.220. The summed E-state index contributed by atoms with van der Waals surface area (Å²) in [5.41, 5.74) is 12.5. The Kier molecular flexibility index (Phi) is 8.01. The number of amides is 3. The number of hydrogen-bond acceptors (Lipinski definition) is 6. The normalized spacial score (nSPS) is 11.7. The van der Waals surface area contributed by atoms with Gasteiger partial charge in [0.15, 0.2) is 0 Å². The van der Waals surface area contributed by atoms with Gasteiger partial charge in [0.25, 0.3) is 11.8 Å². The van der Waals surface area contributed by atoms with E-state index in [9.17, 15) is 14.4 Å². The molecule has 0 saturated carbocycles. The molecule has 0 aliphatic rings. The van der Waals surface area contributed by atoms with Crippen molar-refractivity contribution in [3.63, 3.8) is 0 Å². The SMILES string of the molecule is CC[C@H](C)NC(=O)c1sc2nc(C)c(C(=O)Nc3ccc(C)cc3C)c(-c3ccc(NC(C)=O)cc3)c2c1N. The van der Waals surface area contributed by atoms with Crippen molar-refractivity contribution >= 4 is 56.3 Å². The van der Waals surface area contributed by atoms with Gasteiger partial charge in [-0.2, -0.15) is 0 Å². The fraction of sp³-hybridized carbons (Fsp3) is 0.267. The Labute approximate surface area is 232 Å². The molecule has 0 saturated heterocycles. The third-order valence-electron chi connectivity index (χ3n) is 6.60. The van der Waals surface area contributed by atoms with Crippen molar-refractivity contribution in [2.24, 2.45) is 0 Å². The summed E-state index contributed by atoms with van der Waals surface area (Å²) in [5, 5.41) is 9.32. The fourth-order valence-electron chi connectivity index (χ4n) is 4.45. The van der Waals surface area contributed by atoms with Gasteiger partial charge in [-0.25, -0.2) is 4.98 Å². The van der Waals surface area contributed by atoms with Crippen LogP contribution in [0.2, 0.25) is 0 Å². The Balaban J connectivity index is 1.92. The largest absolute Gasteiger partial charge is 0.397 e. The predicted molar refractivity (Wildman–Crippen MR) is 160 cm³/mol. The molecule has 4 aromatic rings. The van der Waals surface area contributed by atoms with Crippen LogP contribution in [0.25, 0.3) is 21.3 Å². The summed E-state index contributed by atoms with van der Waals surface area (Å²) >= 11 is 1.21. The van der Waals surface area contributed by atoms with Gasteiger partial charge in [-0.1, -0.05) is 36.8 Å². The molecule has 1 atom stereocenters. The number of nitrogens with two attached hydrogens (primary N) is 1. The second-order valence-electron chi connectivity index (χ2n) is 9.79. The molecule has 2 aromatic heterocycles. The number of rotatable bonds is 7. The number of carbonyl (C=O) groups is 3. The molecule has 2 aromatic carbocycles. The number of aromatic nitrogens is 1. The molecule has 0 bridgehead atoms. The van der Waals surface area contributed by atoms with E-state index in [0.717, 1.165) is 17.5 Å². The molecule has 0 radical (unpaired) electrons. The number of pyridine rings is 1. The lowest BCUT2D eigenvalue weighted by Gasteiger charge is -2.16. The molecule has 0 unspecified atom stereocenters. The van der Waals surface area contributed by atoms with Crippen LogP contribution in [0.15, 0.2) is 42.5 Å². The summed E-state index contributed by atoms with van der Waals surface area (Å²) in [7, 11) is 0. The highest BCUT2D eigenvalue weighted by Gasteiger charge is 2.27. The second-order valence-corrected chi connectivity index (χ2v) is 10.8. The number of nitrogens with one attached hydrogen (secondary N) is 3. The maximum Gasteiger partial charge on any atom is 0.263 e. The fourth-order valence-corrected chi connectivity index (χ4v) is 5.51. The van der Waals surface area contributed by atoms with Gasteiger partial charge in [-0.3, -0.25) is 14.4 Å². The smallest absolute Gasteiger partial charge is 0.263 e. The van der Waals surface area contributed by atoms with Gasteiger partial charge in [0.05, 0.1) is 16.9 Å². The van der Waals surface area contributed by atoms with Crippen LogP contribution in [0.5, 0.6) is 0 Å². The van der Waals surface area contributed by atoms with Crippen LogP contribution < -0.4 is 21.7 Å². The third kappa shape index (κ3) is 5.78. The van der Waals surface area contributed by atoms with Gasteiger partial charge in [0, 0.05) is 35.3 Å². The van der Waals surface area contributed by atoms with Crippen molar-refractivity contribution in [1.29, 1.82) is 0 Å². The molecule has 3 amide bonds. The van der Waals surface area contributed by atoms with Gasteiger partial charge < -0.3 is 21.7 Å². The van der Waals surface area contributed by atoms with E-state index in [0.29, 0.717) is 48.9 Å². The monoisotopic (exact) mass is 543 g/mol.